The van der Waals surface area contributed by atoms with Gasteiger partial charge < -0.3 is 4.74 Å². The molecule has 1 N–H and O–H groups in total. The van der Waals surface area contributed by atoms with Crippen molar-refractivity contribution >= 4 is 25.8 Å². The van der Waals surface area contributed by atoms with Crippen LogP contribution >= 0.6 is 0 Å². The Kier molecular flexibility index (Phi) is 6.97. The van der Waals surface area contributed by atoms with E-state index in [-0.39, 0.29) is 22.0 Å². The molecular formula is C19H23NO6S2. The van der Waals surface area contributed by atoms with E-state index in [0.29, 0.717) is 5.56 Å². The van der Waals surface area contributed by atoms with Gasteiger partial charge in [-0.3, -0.25) is 4.79 Å². The molecule has 0 radical (unpaired) electrons. The number of sulfone groups is 1. The summed E-state index contributed by atoms with van der Waals surface area (Å²) < 4.78 is 56.5. The van der Waals surface area contributed by atoms with Crippen molar-refractivity contribution in [2.24, 2.45) is 0 Å². The fraction of sp³-hybridized carbons (Fsp3) is 0.316. The Labute approximate surface area is 165 Å². The third kappa shape index (κ3) is 5.40. The van der Waals surface area contributed by atoms with E-state index in [0.717, 1.165) is 5.56 Å². The normalized spacial score (nSPS) is 13.1. The standard InChI is InChI=1S/C19H23NO6S2/c1-4-27(22,23)16-9-11-17(12-10-16)28(24,25)20-18(13-19(21)26-3)15-7-5-14(2)6-8-15/h5-12,18,20H,4,13H2,1-3H3. The molecule has 28 heavy (non-hydrogen) atoms. The third-order valence-corrected chi connectivity index (χ3v) is 7.49. The summed E-state index contributed by atoms with van der Waals surface area (Å²) in [7, 11) is -6.19. The van der Waals surface area contributed by atoms with E-state index in [1.165, 1.54) is 38.3 Å². The molecular weight excluding hydrogens is 402 g/mol. The van der Waals surface area contributed by atoms with Crippen LogP contribution in [0.15, 0.2) is 58.3 Å². The first-order valence-electron chi connectivity index (χ1n) is 8.57. The van der Waals surface area contributed by atoms with E-state index in [9.17, 15) is 21.6 Å². The second-order valence-corrected chi connectivity index (χ2v) is 10.2. The molecule has 7 nitrogen and oxygen atoms in total. The maximum absolute atomic E-state index is 12.8. The summed E-state index contributed by atoms with van der Waals surface area (Å²) in [6.45, 7) is 3.41. The van der Waals surface area contributed by atoms with Crippen molar-refractivity contribution in [3.63, 3.8) is 0 Å². The average molecular weight is 426 g/mol. The quantitative estimate of drug-likeness (QED) is 0.651. The maximum atomic E-state index is 12.8. The van der Waals surface area contributed by atoms with E-state index in [4.69, 9.17) is 0 Å². The molecule has 0 aliphatic heterocycles. The highest BCUT2D eigenvalue weighted by Gasteiger charge is 2.24. The van der Waals surface area contributed by atoms with Crippen molar-refractivity contribution in [1.29, 1.82) is 0 Å². The first-order valence-corrected chi connectivity index (χ1v) is 11.7. The van der Waals surface area contributed by atoms with Gasteiger partial charge >= 0.3 is 5.97 Å². The van der Waals surface area contributed by atoms with Gasteiger partial charge in [-0.25, -0.2) is 21.6 Å². The number of rotatable bonds is 8. The molecule has 0 aliphatic rings. The molecule has 152 valence electrons. The van der Waals surface area contributed by atoms with Gasteiger partial charge in [-0.05, 0) is 36.8 Å². The number of esters is 1. The topological polar surface area (TPSA) is 107 Å². The summed E-state index contributed by atoms with van der Waals surface area (Å²) in [5.74, 6) is -0.635. The molecule has 2 aromatic carbocycles. The zero-order valence-corrected chi connectivity index (χ0v) is 17.5. The molecule has 9 heteroatoms. The lowest BCUT2D eigenvalue weighted by molar-refractivity contribution is -0.141. The number of carbonyl (C=O) groups excluding carboxylic acids is 1. The predicted octanol–water partition coefficient (Wildman–Crippen LogP) is 2.37. The number of hydrogen-bond donors (Lipinski definition) is 1. The van der Waals surface area contributed by atoms with Gasteiger partial charge in [-0.2, -0.15) is 0 Å². The second-order valence-electron chi connectivity index (χ2n) is 6.24. The summed E-state index contributed by atoms with van der Waals surface area (Å²) in [5.41, 5.74) is 1.61. The zero-order chi connectivity index (χ0) is 20.9. The molecule has 0 saturated heterocycles. The summed E-state index contributed by atoms with van der Waals surface area (Å²) in [4.78, 5) is 11.7. The number of benzene rings is 2. The van der Waals surface area contributed by atoms with Crippen LogP contribution < -0.4 is 4.72 Å². The van der Waals surface area contributed by atoms with Crippen molar-refractivity contribution in [3.05, 3.63) is 59.7 Å². The number of hydrogen-bond acceptors (Lipinski definition) is 6. The summed E-state index contributed by atoms with van der Waals surface area (Å²) in [6.07, 6.45) is -0.179. The molecule has 0 spiro atoms. The lowest BCUT2D eigenvalue weighted by Gasteiger charge is -2.18. The summed E-state index contributed by atoms with van der Waals surface area (Å²) >= 11 is 0. The van der Waals surface area contributed by atoms with Crippen LogP contribution in [-0.4, -0.2) is 35.7 Å². The Morgan fingerprint density at radius 3 is 2.00 bits per heavy atom. The van der Waals surface area contributed by atoms with E-state index in [1.54, 1.807) is 12.1 Å². The van der Waals surface area contributed by atoms with Gasteiger partial charge in [0.15, 0.2) is 9.84 Å². The highest BCUT2D eigenvalue weighted by Crippen LogP contribution is 2.22. The largest absolute Gasteiger partial charge is 0.469 e. The van der Waals surface area contributed by atoms with Crippen LogP contribution in [0.1, 0.15) is 30.5 Å². The lowest BCUT2D eigenvalue weighted by Crippen LogP contribution is -2.30. The Morgan fingerprint density at radius 1 is 0.964 bits per heavy atom. The van der Waals surface area contributed by atoms with Crippen LogP contribution in [0, 0.1) is 6.92 Å². The third-order valence-electron chi connectivity index (χ3n) is 4.25. The fourth-order valence-electron chi connectivity index (χ4n) is 2.52. The number of nitrogens with one attached hydrogen (secondary N) is 1. The number of sulfonamides is 1. The maximum Gasteiger partial charge on any atom is 0.307 e. The molecule has 0 amide bonds. The van der Waals surface area contributed by atoms with Gasteiger partial charge in [0.2, 0.25) is 10.0 Å². The van der Waals surface area contributed by atoms with Gasteiger partial charge in [0.05, 0.1) is 35.1 Å². The Balaban J connectivity index is 2.33. The molecule has 0 aromatic heterocycles. The Morgan fingerprint density at radius 2 is 1.50 bits per heavy atom. The van der Waals surface area contributed by atoms with E-state index in [2.05, 4.69) is 9.46 Å². The van der Waals surface area contributed by atoms with Crippen LogP contribution in [0.4, 0.5) is 0 Å². The van der Waals surface area contributed by atoms with Crippen molar-refractivity contribution in [2.75, 3.05) is 12.9 Å². The van der Waals surface area contributed by atoms with Crippen LogP contribution in [0.3, 0.4) is 0 Å². The molecule has 1 atom stereocenters. The van der Waals surface area contributed by atoms with E-state index in [1.807, 2.05) is 19.1 Å². The smallest absolute Gasteiger partial charge is 0.307 e. The van der Waals surface area contributed by atoms with Crippen molar-refractivity contribution in [1.82, 2.24) is 4.72 Å². The number of methoxy groups -OCH3 is 1. The molecule has 2 aromatic rings. The average Bonchev–Trinajstić information content (AvgIpc) is 2.67. The molecule has 0 heterocycles. The lowest BCUT2D eigenvalue weighted by atomic mass is 10.0. The number of carbonyl (C=O) groups is 1. The van der Waals surface area contributed by atoms with E-state index < -0.39 is 31.9 Å². The van der Waals surface area contributed by atoms with Gasteiger partial charge in [0, 0.05) is 0 Å². The molecule has 0 fully saturated rings. The van der Waals surface area contributed by atoms with Gasteiger partial charge in [-0.1, -0.05) is 36.8 Å². The second kappa shape index (κ2) is 8.85. The van der Waals surface area contributed by atoms with Crippen LogP contribution in [0.5, 0.6) is 0 Å². The van der Waals surface area contributed by atoms with Crippen LogP contribution in [-0.2, 0) is 29.4 Å². The summed E-state index contributed by atoms with van der Waals surface area (Å²) in [5, 5.41) is 0. The minimum atomic E-state index is -3.99. The predicted molar refractivity (Wildman–Crippen MR) is 105 cm³/mol. The van der Waals surface area contributed by atoms with Crippen molar-refractivity contribution in [3.8, 4) is 0 Å². The molecule has 0 bridgehead atoms. The molecule has 0 saturated carbocycles. The number of aryl methyl sites for hydroxylation is 1. The van der Waals surface area contributed by atoms with Gasteiger partial charge in [0.25, 0.3) is 0 Å². The minimum absolute atomic E-state index is 0.0543. The molecule has 2 rings (SSSR count). The highest BCUT2D eigenvalue weighted by molar-refractivity contribution is 7.91. The number of ether oxygens (including phenoxy) is 1. The first-order chi connectivity index (χ1) is 13.1. The minimum Gasteiger partial charge on any atom is -0.469 e. The molecule has 1 unspecified atom stereocenters. The Hall–Kier alpha value is -2.23. The van der Waals surface area contributed by atoms with Crippen LogP contribution in [0.25, 0.3) is 0 Å². The van der Waals surface area contributed by atoms with Crippen LogP contribution in [0.2, 0.25) is 0 Å². The Bertz CT molecular complexity index is 1030. The van der Waals surface area contributed by atoms with Gasteiger partial charge in [-0.15, -0.1) is 0 Å². The van der Waals surface area contributed by atoms with Gasteiger partial charge in [0.1, 0.15) is 0 Å². The zero-order valence-electron chi connectivity index (χ0n) is 15.9. The van der Waals surface area contributed by atoms with E-state index >= 15 is 0 Å². The summed E-state index contributed by atoms with van der Waals surface area (Å²) in [6, 6.07) is 11.3. The van der Waals surface area contributed by atoms with Crippen molar-refractivity contribution in [2.45, 2.75) is 36.1 Å². The highest BCUT2D eigenvalue weighted by atomic mass is 32.2. The first kappa shape index (κ1) is 22.1. The monoisotopic (exact) mass is 425 g/mol. The fourth-order valence-corrected chi connectivity index (χ4v) is 4.63. The SMILES string of the molecule is CCS(=O)(=O)c1ccc(S(=O)(=O)NC(CC(=O)OC)c2ccc(C)cc2)cc1. The molecule has 0 aliphatic carbocycles. The van der Waals surface area contributed by atoms with Crippen molar-refractivity contribution < 1.29 is 26.4 Å².